The Morgan fingerprint density at radius 1 is 1.13 bits per heavy atom. The predicted molar refractivity (Wildman–Crippen MR) is 134 cm³/mol. The van der Waals surface area contributed by atoms with Crippen LogP contribution in [0.4, 0.5) is 11.4 Å². The van der Waals surface area contributed by atoms with Gasteiger partial charge in [-0.2, -0.15) is 9.79 Å². The number of anilines is 2. The molecule has 38 heavy (non-hydrogen) atoms. The van der Waals surface area contributed by atoms with Crippen molar-refractivity contribution < 1.29 is 23.9 Å². The van der Waals surface area contributed by atoms with Crippen molar-refractivity contribution in [2.45, 2.75) is 32.4 Å². The number of aryl methyl sites for hydroxylation is 1. The summed E-state index contributed by atoms with van der Waals surface area (Å²) < 4.78 is 12.6. The third-order valence-corrected chi connectivity index (χ3v) is 6.26. The van der Waals surface area contributed by atoms with Crippen LogP contribution in [0, 0.1) is 11.8 Å². The summed E-state index contributed by atoms with van der Waals surface area (Å²) >= 11 is 0. The van der Waals surface area contributed by atoms with Gasteiger partial charge in [0.2, 0.25) is 5.82 Å². The van der Waals surface area contributed by atoms with Crippen molar-refractivity contribution in [2.24, 2.45) is 23.9 Å². The van der Waals surface area contributed by atoms with E-state index in [1.165, 1.54) is 29.7 Å². The molecule has 2 saturated carbocycles. The van der Waals surface area contributed by atoms with Gasteiger partial charge in [0.1, 0.15) is 5.49 Å². The molecule has 0 unspecified atom stereocenters. The molecule has 2 aliphatic carbocycles. The molecule has 13 nitrogen and oxygen atoms in total. The van der Waals surface area contributed by atoms with E-state index in [9.17, 15) is 14.4 Å². The molecular formula is C25H28N8O5. The standard InChI is InChI=1S/C25H28N8O5/c1-26-24(35)17-12-33(13-38-25(36)15-9-10-15)20(28-23(34)14-7-8-14)11-19(17)27-18-6-4-5-16(21(18)37-3)22-29-31-32(2)30-22/h4-6,11-12,14-15,27H,7-10,13H2,1-3H3,(H,26,35)/b28-20+. The van der Waals surface area contributed by atoms with Crippen molar-refractivity contribution in [3.63, 3.8) is 0 Å². The summed E-state index contributed by atoms with van der Waals surface area (Å²) in [5.74, 6) is -0.338. The van der Waals surface area contributed by atoms with Gasteiger partial charge >= 0.3 is 5.97 Å². The van der Waals surface area contributed by atoms with Gasteiger partial charge in [-0.1, -0.05) is 6.07 Å². The Morgan fingerprint density at radius 2 is 1.89 bits per heavy atom. The minimum absolute atomic E-state index is 0.0908. The summed E-state index contributed by atoms with van der Waals surface area (Å²) in [6, 6.07) is 6.95. The minimum atomic E-state index is -0.388. The van der Waals surface area contributed by atoms with Crippen LogP contribution in [0.25, 0.3) is 11.4 Å². The van der Waals surface area contributed by atoms with Gasteiger partial charge in [0.05, 0.1) is 42.6 Å². The fourth-order valence-electron chi connectivity index (χ4n) is 3.87. The van der Waals surface area contributed by atoms with E-state index in [1.54, 1.807) is 31.3 Å². The number of nitrogens with one attached hydrogen (secondary N) is 2. The zero-order valence-electron chi connectivity index (χ0n) is 21.3. The number of benzene rings is 1. The largest absolute Gasteiger partial charge is 0.494 e. The Labute approximate surface area is 217 Å². The van der Waals surface area contributed by atoms with E-state index in [4.69, 9.17) is 9.47 Å². The molecular weight excluding hydrogens is 492 g/mol. The number of hydrogen-bond acceptors (Lipinski definition) is 9. The highest BCUT2D eigenvalue weighted by molar-refractivity contribution is 6.00. The lowest BCUT2D eigenvalue weighted by molar-refractivity contribution is -0.149. The lowest BCUT2D eigenvalue weighted by Crippen LogP contribution is -2.29. The van der Waals surface area contributed by atoms with Crippen molar-refractivity contribution in [3.05, 3.63) is 41.5 Å². The van der Waals surface area contributed by atoms with Crippen LogP contribution in [0.2, 0.25) is 0 Å². The summed E-state index contributed by atoms with van der Waals surface area (Å²) in [5, 5.41) is 18.1. The second kappa shape index (κ2) is 10.4. The Balaban J connectivity index is 1.57. The molecule has 3 aromatic rings. The topological polar surface area (TPSA) is 155 Å². The molecule has 0 aliphatic heterocycles. The maximum Gasteiger partial charge on any atom is 0.310 e. The summed E-state index contributed by atoms with van der Waals surface area (Å²) in [5.41, 5.74) is 2.00. The van der Waals surface area contributed by atoms with Crippen LogP contribution in [-0.4, -0.2) is 56.7 Å². The predicted octanol–water partition coefficient (Wildman–Crippen LogP) is 1.54. The summed E-state index contributed by atoms with van der Waals surface area (Å²) in [6.45, 7) is -0.173. The van der Waals surface area contributed by atoms with Gasteiger partial charge in [-0.15, -0.1) is 10.2 Å². The lowest BCUT2D eigenvalue weighted by Gasteiger charge is -2.18. The fraction of sp³-hybridized carbons (Fsp3) is 0.400. The van der Waals surface area contributed by atoms with E-state index in [0.717, 1.165) is 25.7 Å². The Hall–Kier alpha value is -4.55. The van der Waals surface area contributed by atoms with Crippen LogP contribution in [0.15, 0.2) is 35.5 Å². The molecule has 0 saturated heterocycles. The first-order valence-corrected chi connectivity index (χ1v) is 12.3. The second-order valence-electron chi connectivity index (χ2n) is 9.21. The normalized spacial score (nSPS) is 15.2. The molecule has 0 bridgehead atoms. The van der Waals surface area contributed by atoms with Crippen LogP contribution in [0.1, 0.15) is 36.0 Å². The summed E-state index contributed by atoms with van der Waals surface area (Å²) in [7, 11) is 4.69. The fourth-order valence-corrected chi connectivity index (χ4v) is 3.87. The third-order valence-electron chi connectivity index (χ3n) is 6.26. The number of para-hydroxylation sites is 1. The van der Waals surface area contributed by atoms with Gasteiger partial charge in [0, 0.05) is 25.2 Å². The molecule has 13 heteroatoms. The van der Waals surface area contributed by atoms with Crippen molar-refractivity contribution in [1.29, 1.82) is 0 Å². The monoisotopic (exact) mass is 520 g/mol. The van der Waals surface area contributed by atoms with Crippen LogP contribution in [0.5, 0.6) is 5.75 Å². The number of aromatic nitrogens is 5. The highest BCUT2D eigenvalue weighted by atomic mass is 16.5. The highest BCUT2D eigenvalue weighted by Crippen LogP contribution is 2.37. The molecule has 0 atom stereocenters. The van der Waals surface area contributed by atoms with Gasteiger partial charge in [0.25, 0.3) is 11.8 Å². The number of carbonyl (C=O) groups is 3. The first-order chi connectivity index (χ1) is 18.4. The lowest BCUT2D eigenvalue weighted by atomic mass is 10.1. The zero-order chi connectivity index (χ0) is 26.8. The van der Waals surface area contributed by atoms with Gasteiger partial charge in [-0.25, -0.2) is 0 Å². The first kappa shape index (κ1) is 25.1. The van der Waals surface area contributed by atoms with Crippen LogP contribution in [-0.2, 0) is 28.1 Å². The smallest absolute Gasteiger partial charge is 0.310 e. The van der Waals surface area contributed by atoms with Gasteiger partial charge in [-0.05, 0) is 43.0 Å². The highest BCUT2D eigenvalue weighted by Gasteiger charge is 2.32. The third kappa shape index (κ3) is 5.41. The van der Waals surface area contributed by atoms with Crippen LogP contribution in [0.3, 0.4) is 0 Å². The minimum Gasteiger partial charge on any atom is -0.494 e. The Bertz CT molecular complexity index is 1470. The maximum absolute atomic E-state index is 12.9. The Kier molecular flexibility index (Phi) is 6.90. The molecule has 2 heterocycles. The average molecular weight is 521 g/mol. The van der Waals surface area contributed by atoms with Crippen molar-refractivity contribution >= 4 is 29.2 Å². The summed E-state index contributed by atoms with van der Waals surface area (Å²) in [4.78, 5) is 43.3. The number of ether oxygens (including phenoxy) is 2. The SMILES string of the molecule is CNC(=O)c1cn(COC(=O)C2CC2)/c(=N/C(=O)C2CC2)cc1Nc1cccc(-c2nnn(C)n2)c1OC. The van der Waals surface area contributed by atoms with Gasteiger partial charge in [-0.3, -0.25) is 19.0 Å². The molecule has 1 aromatic carbocycles. The van der Waals surface area contributed by atoms with Crippen LogP contribution < -0.4 is 20.9 Å². The molecule has 5 rings (SSSR count). The van der Waals surface area contributed by atoms with E-state index in [2.05, 4.69) is 31.0 Å². The quantitative estimate of drug-likeness (QED) is 0.400. The van der Waals surface area contributed by atoms with E-state index >= 15 is 0 Å². The number of esters is 1. The summed E-state index contributed by atoms with van der Waals surface area (Å²) in [6.07, 6.45) is 4.71. The molecule has 0 spiro atoms. The van der Waals surface area contributed by atoms with E-state index in [1.807, 2.05) is 0 Å². The number of carbonyl (C=O) groups excluding carboxylic acids is 3. The molecule has 2 N–H and O–H groups in total. The zero-order valence-corrected chi connectivity index (χ0v) is 21.3. The molecule has 2 aromatic heterocycles. The number of tetrazole rings is 1. The Morgan fingerprint density at radius 3 is 2.53 bits per heavy atom. The van der Waals surface area contributed by atoms with E-state index < -0.39 is 0 Å². The first-order valence-electron chi connectivity index (χ1n) is 12.3. The maximum atomic E-state index is 12.9. The van der Waals surface area contributed by atoms with Crippen molar-refractivity contribution in [1.82, 2.24) is 30.1 Å². The number of hydrogen-bond donors (Lipinski definition) is 2. The van der Waals surface area contributed by atoms with E-state index in [0.29, 0.717) is 28.5 Å². The molecule has 2 amide bonds. The molecule has 2 aliphatic rings. The van der Waals surface area contributed by atoms with Gasteiger partial charge in [0.15, 0.2) is 12.5 Å². The number of rotatable bonds is 9. The van der Waals surface area contributed by atoms with Gasteiger partial charge < -0.3 is 20.1 Å². The molecule has 198 valence electrons. The average Bonchev–Trinajstić information content (AvgIpc) is 3.85. The number of methoxy groups -OCH3 is 1. The number of pyridine rings is 1. The van der Waals surface area contributed by atoms with Crippen LogP contribution >= 0.6 is 0 Å². The molecule has 0 radical (unpaired) electrons. The van der Waals surface area contributed by atoms with Crippen molar-refractivity contribution in [2.75, 3.05) is 19.5 Å². The number of amides is 2. The number of nitrogens with zero attached hydrogens (tertiary/aromatic N) is 6. The van der Waals surface area contributed by atoms with Crippen molar-refractivity contribution in [3.8, 4) is 17.1 Å². The molecule has 2 fully saturated rings. The second-order valence-corrected chi connectivity index (χ2v) is 9.21. The van der Waals surface area contributed by atoms with E-state index in [-0.39, 0.29) is 47.4 Å².